The zero-order valence-corrected chi connectivity index (χ0v) is 13.1. The van der Waals surface area contributed by atoms with Crippen molar-refractivity contribution >= 4 is 17.7 Å². The van der Waals surface area contributed by atoms with E-state index in [2.05, 4.69) is 16.3 Å². The fourth-order valence-electron chi connectivity index (χ4n) is 2.99. The minimum atomic E-state index is -0.534. The van der Waals surface area contributed by atoms with Crippen LogP contribution in [0.2, 0.25) is 5.02 Å². The molecule has 3 nitrogen and oxygen atoms in total. The Labute approximate surface area is 139 Å². The van der Waals surface area contributed by atoms with Crippen LogP contribution in [0.25, 0.3) is 17.3 Å². The van der Waals surface area contributed by atoms with E-state index in [4.69, 9.17) is 11.6 Å². The van der Waals surface area contributed by atoms with Gasteiger partial charge in [-0.05, 0) is 47.4 Å². The summed E-state index contributed by atoms with van der Waals surface area (Å²) in [4.78, 5) is 0. The Kier molecular flexibility index (Phi) is 3.52. The van der Waals surface area contributed by atoms with Gasteiger partial charge in [0.1, 0.15) is 6.10 Å². The third-order valence-corrected chi connectivity index (χ3v) is 4.43. The molecule has 2 N–H and O–H groups in total. The minimum Gasteiger partial charge on any atom is -0.384 e. The van der Waals surface area contributed by atoms with Gasteiger partial charge in [0.05, 0.1) is 11.4 Å². The maximum absolute atomic E-state index is 10.4. The molecular weight excluding hydrogens is 308 g/mol. The molecule has 114 valence electrons. The molecular formula is C19H15ClN2O. The fraction of sp³-hybridized carbons (Fsp3) is 0.105. The van der Waals surface area contributed by atoms with E-state index in [1.165, 1.54) is 5.56 Å². The molecule has 0 amide bonds. The molecule has 1 aliphatic carbocycles. The van der Waals surface area contributed by atoms with Crippen molar-refractivity contribution < 1.29 is 5.11 Å². The molecule has 2 aromatic carbocycles. The number of nitrogens with one attached hydrogen (secondary N) is 1. The minimum absolute atomic E-state index is 0.534. The number of benzene rings is 2. The summed E-state index contributed by atoms with van der Waals surface area (Å²) in [7, 11) is 0. The highest BCUT2D eigenvalue weighted by molar-refractivity contribution is 6.30. The molecule has 0 spiro atoms. The van der Waals surface area contributed by atoms with Crippen molar-refractivity contribution in [2.75, 3.05) is 0 Å². The molecule has 0 bridgehead atoms. The van der Waals surface area contributed by atoms with E-state index in [1.54, 1.807) is 0 Å². The van der Waals surface area contributed by atoms with Gasteiger partial charge in [-0.2, -0.15) is 5.10 Å². The number of aromatic nitrogens is 2. The van der Waals surface area contributed by atoms with Crippen LogP contribution in [0.4, 0.5) is 0 Å². The first-order chi connectivity index (χ1) is 11.2. The average Bonchev–Trinajstić information content (AvgIpc) is 3.15. The van der Waals surface area contributed by atoms with Gasteiger partial charge in [0.2, 0.25) is 0 Å². The average molecular weight is 323 g/mol. The van der Waals surface area contributed by atoms with E-state index < -0.39 is 6.10 Å². The number of halogens is 1. The summed E-state index contributed by atoms with van der Waals surface area (Å²) in [6, 6.07) is 17.6. The zero-order valence-electron chi connectivity index (χ0n) is 12.3. The number of nitrogens with zero attached hydrogens (tertiary/aromatic N) is 1. The Morgan fingerprint density at radius 1 is 1.13 bits per heavy atom. The fourth-order valence-corrected chi connectivity index (χ4v) is 3.11. The Bertz CT molecular complexity index is 880. The van der Waals surface area contributed by atoms with Crippen molar-refractivity contribution in [3.05, 3.63) is 82.0 Å². The number of aliphatic hydroxyl groups is 1. The molecule has 0 saturated heterocycles. The molecule has 0 aliphatic heterocycles. The smallest absolute Gasteiger partial charge is 0.101 e. The highest BCUT2D eigenvalue weighted by atomic mass is 35.5. The number of rotatable bonds is 2. The number of hydrogen-bond acceptors (Lipinski definition) is 2. The van der Waals surface area contributed by atoms with Crippen LogP contribution in [-0.4, -0.2) is 15.3 Å². The third-order valence-electron chi connectivity index (χ3n) is 4.17. The van der Waals surface area contributed by atoms with E-state index in [0.717, 1.165) is 34.5 Å². The van der Waals surface area contributed by atoms with Gasteiger partial charge in [0, 0.05) is 10.6 Å². The lowest BCUT2D eigenvalue weighted by Crippen LogP contribution is -1.93. The van der Waals surface area contributed by atoms with Gasteiger partial charge in [-0.15, -0.1) is 0 Å². The van der Waals surface area contributed by atoms with Crippen LogP contribution < -0.4 is 0 Å². The molecule has 0 saturated carbocycles. The van der Waals surface area contributed by atoms with Crippen LogP contribution in [0.5, 0.6) is 0 Å². The maximum Gasteiger partial charge on any atom is 0.101 e. The van der Waals surface area contributed by atoms with Crippen molar-refractivity contribution in [1.29, 1.82) is 0 Å². The second-order valence-corrected chi connectivity index (χ2v) is 6.15. The van der Waals surface area contributed by atoms with E-state index in [1.807, 2.05) is 54.6 Å². The first-order valence-electron chi connectivity index (χ1n) is 7.48. The van der Waals surface area contributed by atoms with Crippen molar-refractivity contribution in [2.45, 2.75) is 12.5 Å². The Morgan fingerprint density at radius 3 is 2.70 bits per heavy atom. The van der Waals surface area contributed by atoms with Crippen LogP contribution in [0.15, 0.2) is 60.2 Å². The summed E-state index contributed by atoms with van der Waals surface area (Å²) in [6.07, 6.45) is 2.22. The van der Waals surface area contributed by atoms with Crippen LogP contribution in [0.1, 0.15) is 22.9 Å². The Hall–Kier alpha value is -2.36. The van der Waals surface area contributed by atoms with Gasteiger partial charge in [-0.3, -0.25) is 5.10 Å². The summed E-state index contributed by atoms with van der Waals surface area (Å²) in [5.41, 5.74) is 5.92. The lowest BCUT2D eigenvalue weighted by atomic mass is 10.1. The number of hydrogen-bond donors (Lipinski definition) is 2. The first kappa shape index (κ1) is 14.2. The molecule has 4 heteroatoms. The quantitative estimate of drug-likeness (QED) is 0.734. The van der Waals surface area contributed by atoms with Gasteiger partial charge in [0.25, 0.3) is 0 Å². The van der Waals surface area contributed by atoms with E-state index in [-0.39, 0.29) is 0 Å². The highest BCUT2D eigenvalue weighted by Crippen LogP contribution is 2.36. The normalized spacial score (nSPS) is 18.3. The van der Waals surface area contributed by atoms with Gasteiger partial charge in [-0.1, -0.05) is 48.0 Å². The summed E-state index contributed by atoms with van der Waals surface area (Å²) >= 11 is 5.91. The summed E-state index contributed by atoms with van der Waals surface area (Å²) in [5.74, 6) is 0. The maximum atomic E-state index is 10.4. The molecule has 1 aliphatic rings. The molecule has 1 aromatic heterocycles. The van der Waals surface area contributed by atoms with E-state index >= 15 is 0 Å². The van der Waals surface area contributed by atoms with Gasteiger partial charge in [-0.25, -0.2) is 0 Å². The number of aliphatic hydroxyl groups excluding tert-OH is 1. The van der Waals surface area contributed by atoms with Crippen molar-refractivity contribution in [3.63, 3.8) is 0 Å². The van der Waals surface area contributed by atoms with E-state index in [9.17, 15) is 5.11 Å². The van der Waals surface area contributed by atoms with Gasteiger partial charge < -0.3 is 5.11 Å². The molecule has 4 rings (SSSR count). The highest BCUT2D eigenvalue weighted by Gasteiger charge is 2.24. The third kappa shape index (κ3) is 2.69. The molecule has 1 heterocycles. The van der Waals surface area contributed by atoms with Crippen LogP contribution >= 0.6 is 11.6 Å². The van der Waals surface area contributed by atoms with Gasteiger partial charge >= 0.3 is 0 Å². The van der Waals surface area contributed by atoms with Crippen molar-refractivity contribution in [2.24, 2.45) is 0 Å². The Morgan fingerprint density at radius 2 is 1.91 bits per heavy atom. The number of H-pyrrole nitrogens is 1. The largest absolute Gasteiger partial charge is 0.384 e. The predicted molar refractivity (Wildman–Crippen MR) is 92.1 cm³/mol. The first-order valence-corrected chi connectivity index (χ1v) is 7.86. The van der Waals surface area contributed by atoms with Crippen LogP contribution in [0.3, 0.4) is 0 Å². The second kappa shape index (κ2) is 5.69. The van der Waals surface area contributed by atoms with Crippen LogP contribution in [-0.2, 0) is 6.42 Å². The molecule has 3 aromatic rings. The lowest BCUT2D eigenvalue weighted by Gasteiger charge is -2.04. The number of fused-ring (bicyclic) bond motifs is 1. The topological polar surface area (TPSA) is 48.9 Å². The molecule has 0 fully saturated rings. The second-order valence-electron chi connectivity index (χ2n) is 5.71. The predicted octanol–water partition coefficient (Wildman–Crippen LogP) is 4.40. The molecule has 1 atom stereocenters. The van der Waals surface area contributed by atoms with E-state index in [0.29, 0.717) is 5.02 Å². The Balaban J connectivity index is 1.62. The molecule has 1 unspecified atom stereocenters. The standard InChI is InChI=1S/C19H15ClN2O/c20-15-7-5-12(6-8-15)18-11-16(21-22-18)10-14-9-13-3-1-2-4-17(13)19(14)23/h1-8,10-11,19,23H,9H2,(H,21,22). The van der Waals surface area contributed by atoms with Crippen LogP contribution in [0, 0.1) is 0 Å². The SMILES string of the molecule is OC1C(=Cc2cc(-c3ccc(Cl)cc3)n[nH]2)Cc2ccccc21. The van der Waals surface area contributed by atoms with Crippen molar-refractivity contribution in [1.82, 2.24) is 10.2 Å². The van der Waals surface area contributed by atoms with Crippen molar-refractivity contribution in [3.8, 4) is 11.3 Å². The zero-order chi connectivity index (χ0) is 15.8. The monoisotopic (exact) mass is 322 g/mol. The summed E-state index contributed by atoms with van der Waals surface area (Å²) in [6.45, 7) is 0. The lowest BCUT2D eigenvalue weighted by molar-refractivity contribution is 0.222. The molecule has 0 radical (unpaired) electrons. The number of aromatic amines is 1. The summed E-state index contributed by atoms with van der Waals surface area (Å²) in [5, 5.41) is 18.5. The molecule has 23 heavy (non-hydrogen) atoms. The summed E-state index contributed by atoms with van der Waals surface area (Å²) < 4.78 is 0. The van der Waals surface area contributed by atoms with Gasteiger partial charge in [0.15, 0.2) is 0 Å².